The summed E-state index contributed by atoms with van der Waals surface area (Å²) in [7, 11) is 1.37. The minimum Gasteiger partial charge on any atom is -0.450 e. The van der Waals surface area contributed by atoms with Gasteiger partial charge in [0.05, 0.1) is 0 Å². The van der Waals surface area contributed by atoms with Gasteiger partial charge in [-0.1, -0.05) is 29.8 Å². The van der Waals surface area contributed by atoms with E-state index in [1.165, 1.54) is 18.8 Å². The Balaban J connectivity index is 1.76. The van der Waals surface area contributed by atoms with Crippen LogP contribution in [0.3, 0.4) is 0 Å². The lowest BCUT2D eigenvalue weighted by Gasteiger charge is -2.06. The first-order valence-electron chi connectivity index (χ1n) is 8.55. The molecule has 0 spiro atoms. The number of esters is 1. The predicted octanol–water partition coefficient (Wildman–Crippen LogP) is 3.99. The van der Waals surface area contributed by atoms with E-state index in [1.807, 2.05) is 29.6 Å². The third-order valence-electron chi connectivity index (χ3n) is 3.89. The monoisotopic (exact) mass is 432 g/mol. The fourth-order valence-corrected chi connectivity index (χ4v) is 3.57. The average Bonchev–Trinajstić information content (AvgIpc) is 3.10. The van der Waals surface area contributed by atoms with Crippen LogP contribution in [0.1, 0.15) is 16.1 Å². The molecule has 0 aliphatic heterocycles. The molecule has 1 aromatic heterocycles. The summed E-state index contributed by atoms with van der Waals surface area (Å²) in [4.78, 5) is 36.3. The molecule has 3 aromatic rings. The molecule has 0 aliphatic carbocycles. The Hall–Kier alpha value is -2.97. The summed E-state index contributed by atoms with van der Waals surface area (Å²) in [6, 6.07) is 13.9. The number of furan rings is 1. The average molecular weight is 433 g/mol. The Morgan fingerprint density at radius 2 is 1.83 bits per heavy atom. The fourth-order valence-electron chi connectivity index (χ4n) is 2.52. The number of para-hydroxylation sites is 1. The van der Waals surface area contributed by atoms with Crippen LogP contribution >= 0.6 is 23.4 Å². The van der Waals surface area contributed by atoms with E-state index in [-0.39, 0.29) is 5.76 Å². The lowest BCUT2D eigenvalue weighted by Crippen LogP contribution is -2.39. The number of ether oxygens (including phenoxy) is 1. The minimum atomic E-state index is -0.778. The number of thioether (sulfide) groups is 1. The number of nitrogens with one attached hydrogen (secondary N) is 2. The molecule has 0 fully saturated rings. The van der Waals surface area contributed by atoms with E-state index in [4.69, 9.17) is 20.8 Å². The van der Waals surface area contributed by atoms with Crippen molar-refractivity contribution in [3.63, 3.8) is 0 Å². The van der Waals surface area contributed by atoms with Crippen molar-refractivity contribution in [3.8, 4) is 0 Å². The van der Waals surface area contributed by atoms with Crippen molar-refractivity contribution in [1.82, 2.24) is 10.6 Å². The summed E-state index contributed by atoms with van der Waals surface area (Å²) in [5.41, 5.74) is 1.21. The number of benzene rings is 2. The number of hydrogen-bond acceptors (Lipinski definition) is 6. The van der Waals surface area contributed by atoms with Crippen molar-refractivity contribution in [2.24, 2.45) is 0 Å². The van der Waals surface area contributed by atoms with Crippen molar-refractivity contribution >= 4 is 52.2 Å². The van der Waals surface area contributed by atoms with Gasteiger partial charge in [0.1, 0.15) is 5.58 Å². The molecule has 0 aliphatic rings. The van der Waals surface area contributed by atoms with Gasteiger partial charge in [-0.25, -0.2) is 9.59 Å². The smallest absolute Gasteiger partial charge is 0.375 e. The van der Waals surface area contributed by atoms with Gasteiger partial charge < -0.3 is 14.5 Å². The molecule has 0 saturated heterocycles. The first kappa shape index (κ1) is 20.8. The Morgan fingerprint density at radius 1 is 1.10 bits per heavy atom. The second-order valence-electron chi connectivity index (χ2n) is 5.85. The summed E-state index contributed by atoms with van der Waals surface area (Å²) >= 11 is 7.42. The van der Waals surface area contributed by atoms with Crippen LogP contribution in [0, 0.1) is 0 Å². The second kappa shape index (κ2) is 9.49. The molecule has 3 rings (SSSR count). The Morgan fingerprint density at radius 3 is 2.55 bits per heavy atom. The number of carbonyl (C=O) groups excluding carboxylic acids is 3. The van der Waals surface area contributed by atoms with Crippen LogP contribution in [-0.2, 0) is 15.3 Å². The van der Waals surface area contributed by atoms with E-state index < -0.39 is 24.5 Å². The number of imide groups is 1. The third-order valence-corrected chi connectivity index (χ3v) is 5.19. The van der Waals surface area contributed by atoms with Gasteiger partial charge in [0, 0.05) is 33.7 Å². The Labute approximate surface area is 175 Å². The number of carbonyl (C=O) groups is 3. The maximum atomic E-state index is 12.5. The molecule has 0 saturated carbocycles. The highest BCUT2D eigenvalue weighted by molar-refractivity contribution is 7.98. The molecule has 150 valence electrons. The summed E-state index contributed by atoms with van der Waals surface area (Å²) < 4.78 is 10.7. The molecule has 0 bridgehead atoms. The van der Waals surface area contributed by atoms with Gasteiger partial charge in [0.2, 0.25) is 5.76 Å². The van der Waals surface area contributed by atoms with E-state index in [2.05, 4.69) is 5.32 Å². The largest absolute Gasteiger partial charge is 0.450 e. The number of hydrogen-bond donors (Lipinski definition) is 2. The molecule has 0 unspecified atom stereocenters. The van der Waals surface area contributed by atoms with Crippen molar-refractivity contribution < 1.29 is 23.5 Å². The van der Waals surface area contributed by atoms with Gasteiger partial charge in [-0.05, 0) is 30.3 Å². The van der Waals surface area contributed by atoms with Gasteiger partial charge in [0.15, 0.2) is 6.61 Å². The summed E-state index contributed by atoms with van der Waals surface area (Å²) in [6.07, 6.45) is 0. The highest BCUT2D eigenvalue weighted by Gasteiger charge is 2.23. The highest BCUT2D eigenvalue weighted by Crippen LogP contribution is 2.32. The van der Waals surface area contributed by atoms with Crippen molar-refractivity contribution in [2.75, 3.05) is 13.7 Å². The molecule has 0 radical (unpaired) electrons. The molecule has 9 heteroatoms. The van der Waals surface area contributed by atoms with Crippen LogP contribution < -0.4 is 10.6 Å². The van der Waals surface area contributed by atoms with Crippen molar-refractivity contribution in [2.45, 2.75) is 10.6 Å². The van der Waals surface area contributed by atoms with Crippen LogP contribution in [0.5, 0.6) is 0 Å². The van der Waals surface area contributed by atoms with Gasteiger partial charge >= 0.3 is 12.0 Å². The molecule has 29 heavy (non-hydrogen) atoms. The number of rotatable bonds is 6. The van der Waals surface area contributed by atoms with E-state index in [9.17, 15) is 14.4 Å². The zero-order valence-corrected chi connectivity index (χ0v) is 16.9. The summed E-state index contributed by atoms with van der Waals surface area (Å²) in [5.74, 6) is -1.04. The standard InChI is InChI=1S/C20H17ClN2O5S/c1-22-20(26)23-17(24)10-27-19(25)18-15(14-4-2-3-5-16(14)28-18)11-29-13-8-6-12(21)7-9-13/h2-9H,10-11H2,1H3,(H2,22,23,24,26). The summed E-state index contributed by atoms with van der Waals surface area (Å²) in [6.45, 7) is -0.604. The molecular formula is C20H17ClN2O5S. The van der Waals surface area contributed by atoms with E-state index >= 15 is 0 Å². The zero-order chi connectivity index (χ0) is 20.8. The Kier molecular flexibility index (Phi) is 6.79. The molecule has 0 atom stereocenters. The summed E-state index contributed by atoms with van der Waals surface area (Å²) in [5, 5.41) is 5.68. The minimum absolute atomic E-state index is 0.0282. The molecule has 2 N–H and O–H groups in total. The van der Waals surface area contributed by atoms with Gasteiger partial charge in [-0.2, -0.15) is 0 Å². The van der Waals surface area contributed by atoms with E-state index in [0.717, 1.165) is 10.3 Å². The van der Waals surface area contributed by atoms with Gasteiger partial charge in [-0.3, -0.25) is 10.1 Å². The van der Waals surface area contributed by atoms with Gasteiger partial charge in [0.25, 0.3) is 5.91 Å². The quantitative estimate of drug-likeness (QED) is 0.451. The highest BCUT2D eigenvalue weighted by atomic mass is 35.5. The zero-order valence-electron chi connectivity index (χ0n) is 15.4. The first-order chi connectivity index (χ1) is 14.0. The van der Waals surface area contributed by atoms with Crippen LogP contribution in [0.25, 0.3) is 11.0 Å². The number of amides is 3. The van der Waals surface area contributed by atoms with Crippen LogP contribution in [0.2, 0.25) is 5.02 Å². The Bertz CT molecular complexity index is 1050. The van der Waals surface area contributed by atoms with Crippen LogP contribution in [0.4, 0.5) is 4.79 Å². The third kappa shape index (κ3) is 5.30. The first-order valence-corrected chi connectivity index (χ1v) is 9.91. The van der Waals surface area contributed by atoms with E-state index in [0.29, 0.717) is 21.9 Å². The number of fused-ring (bicyclic) bond motifs is 1. The normalized spacial score (nSPS) is 10.6. The molecule has 3 amide bonds. The molecular weight excluding hydrogens is 416 g/mol. The maximum absolute atomic E-state index is 12.5. The SMILES string of the molecule is CNC(=O)NC(=O)COC(=O)c1oc2ccccc2c1CSc1ccc(Cl)cc1. The van der Waals surface area contributed by atoms with E-state index in [1.54, 1.807) is 24.3 Å². The molecule has 1 heterocycles. The molecule has 2 aromatic carbocycles. The van der Waals surface area contributed by atoms with Crippen LogP contribution in [0.15, 0.2) is 57.8 Å². The molecule has 7 nitrogen and oxygen atoms in total. The lowest BCUT2D eigenvalue weighted by molar-refractivity contribution is -0.123. The van der Waals surface area contributed by atoms with Crippen molar-refractivity contribution in [3.05, 3.63) is 64.9 Å². The second-order valence-corrected chi connectivity index (χ2v) is 7.34. The predicted molar refractivity (Wildman–Crippen MR) is 110 cm³/mol. The number of urea groups is 1. The van der Waals surface area contributed by atoms with Crippen LogP contribution in [-0.4, -0.2) is 31.6 Å². The maximum Gasteiger partial charge on any atom is 0.375 e. The fraction of sp³-hybridized carbons (Fsp3) is 0.150. The van der Waals surface area contributed by atoms with Gasteiger partial charge in [-0.15, -0.1) is 11.8 Å². The lowest BCUT2D eigenvalue weighted by atomic mass is 10.1. The topological polar surface area (TPSA) is 97.6 Å². The number of halogens is 1. The van der Waals surface area contributed by atoms with Crippen molar-refractivity contribution in [1.29, 1.82) is 0 Å².